The molecular formula is C2H5ClN4S. The van der Waals surface area contributed by atoms with Crippen LogP contribution in [0.15, 0.2) is 5.16 Å². The van der Waals surface area contributed by atoms with E-state index < -0.39 is 0 Å². The van der Waals surface area contributed by atoms with E-state index in [1.165, 1.54) is 0 Å². The molecule has 0 atom stereocenters. The number of halogens is 1. The van der Waals surface area contributed by atoms with Crippen molar-refractivity contribution in [2.75, 3.05) is 5.73 Å². The van der Waals surface area contributed by atoms with E-state index in [4.69, 9.17) is 5.73 Å². The second-order valence-corrected chi connectivity index (χ2v) is 1.42. The van der Waals surface area contributed by atoms with Crippen molar-refractivity contribution in [3.05, 3.63) is 0 Å². The lowest BCUT2D eigenvalue weighted by molar-refractivity contribution is 0.980. The van der Waals surface area contributed by atoms with Crippen molar-refractivity contribution in [1.29, 1.82) is 0 Å². The van der Waals surface area contributed by atoms with E-state index in [9.17, 15) is 0 Å². The fourth-order valence-corrected chi connectivity index (χ4v) is 0.423. The van der Waals surface area contributed by atoms with Crippen molar-refractivity contribution in [2.24, 2.45) is 0 Å². The van der Waals surface area contributed by atoms with Crippen LogP contribution in [0.4, 0.5) is 5.95 Å². The zero-order chi connectivity index (χ0) is 5.28. The van der Waals surface area contributed by atoms with Crippen molar-refractivity contribution in [3.8, 4) is 0 Å². The zero-order valence-electron chi connectivity index (χ0n) is 3.83. The lowest BCUT2D eigenvalue weighted by Gasteiger charge is -1.69. The number of hydrogen-bond acceptors (Lipinski definition) is 4. The summed E-state index contributed by atoms with van der Waals surface area (Å²) in [5.41, 5.74) is 5.10. The fraction of sp³-hybridized carbons (Fsp3) is 0. The standard InChI is InChI=1S/C2H4N4S.ClH/c3-1-4-2(7)6-5-1;/h(H4,3,4,5,6,7);1H. The van der Waals surface area contributed by atoms with Gasteiger partial charge < -0.3 is 5.73 Å². The number of nitrogens with one attached hydrogen (secondary N) is 1. The van der Waals surface area contributed by atoms with Gasteiger partial charge in [0.1, 0.15) is 0 Å². The summed E-state index contributed by atoms with van der Waals surface area (Å²) >= 11 is 3.77. The molecule has 46 valence electrons. The van der Waals surface area contributed by atoms with Gasteiger partial charge in [-0.1, -0.05) is 0 Å². The van der Waals surface area contributed by atoms with Crippen molar-refractivity contribution in [2.45, 2.75) is 5.16 Å². The van der Waals surface area contributed by atoms with Crippen molar-refractivity contribution in [3.63, 3.8) is 0 Å². The number of hydrogen-bond donors (Lipinski definition) is 3. The summed E-state index contributed by atoms with van der Waals surface area (Å²) in [7, 11) is 0. The highest BCUT2D eigenvalue weighted by molar-refractivity contribution is 7.80. The van der Waals surface area contributed by atoms with Crippen LogP contribution in [0, 0.1) is 0 Å². The van der Waals surface area contributed by atoms with Crippen LogP contribution in [0.1, 0.15) is 0 Å². The molecule has 0 spiro atoms. The Morgan fingerprint density at radius 2 is 2.25 bits per heavy atom. The van der Waals surface area contributed by atoms with Crippen LogP contribution in [0.2, 0.25) is 0 Å². The molecule has 0 fully saturated rings. The minimum atomic E-state index is 0. The molecule has 0 saturated carbocycles. The molecule has 1 rings (SSSR count). The molecule has 0 bridgehead atoms. The predicted molar refractivity (Wildman–Crippen MR) is 35.3 cm³/mol. The van der Waals surface area contributed by atoms with Crippen LogP contribution in [0.5, 0.6) is 0 Å². The van der Waals surface area contributed by atoms with E-state index >= 15 is 0 Å². The molecule has 1 aromatic heterocycles. The van der Waals surface area contributed by atoms with Gasteiger partial charge in [-0.3, -0.25) is 0 Å². The van der Waals surface area contributed by atoms with Crippen molar-refractivity contribution >= 4 is 31.0 Å². The first-order chi connectivity index (χ1) is 3.29. The highest BCUT2D eigenvalue weighted by Gasteiger charge is 1.87. The largest absolute Gasteiger partial charge is 0.368 e. The molecule has 0 amide bonds. The van der Waals surface area contributed by atoms with Crippen LogP contribution < -0.4 is 5.73 Å². The molecule has 0 aliphatic heterocycles. The molecule has 0 aliphatic carbocycles. The third kappa shape index (κ3) is 1.59. The Labute approximate surface area is 57.7 Å². The van der Waals surface area contributed by atoms with Gasteiger partial charge in [0.15, 0.2) is 0 Å². The van der Waals surface area contributed by atoms with E-state index in [-0.39, 0.29) is 12.4 Å². The number of nitrogens with two attached hydrogens (primary N) is 1. The van der Waals surface area contributed by atoms with E-state index in [1.807, 2.05) is 0 Å². The molecule has 8 heavy (non-hydrogen) atoms. The van der Waals surface area contributed by atoms with Gasteiger partial charge in [0.25, 0.3) is 0 Å². The Kier molecular flexibility index (Phi) is 2.64. The van der Waals surface area contributed by atoms with Gasteiger partial charge in [0.2, 0.25) is 11.1 Å². The molecule has 3 N–H and O–H groups in total. The monoisotopic (exact) mass is 152 g/mol. The van der Waals surface area contributed by atoms with Gasteiger partial charge in [0.05, 0.1) is 0 Å². The summed E-state index contributed by atoms with van der Waals surface area (Å²) in [6.07, 6.45) is 0. The molecule has 1 aromatic rings. The minimum Gasteiger partial charge on any atom is -0.368 e. The number of anilines is 1. The fourth-order valence-electron chi connectivity index (χ4n) is 0.265. The van der Waals surface area contributed by atoms with Crippen LogP contribution in [-0.4, -0.2) is 15.2 Å². The lowest BCUT2D eigenvalue weighted by Crippen LogP contribution is -1.84. The summed E-state index contributed by atoms with van der Waals surface area (Å²) in [4.78, 5) is 3.59. The zero-order valence-corrected chi connectivity index (χ0v) is 5.54. The predicted octanol–water partition coefficient (Wildman–Crippen LogP) is 0.0974. The van der Waals surface area contributed by atoms with Crippen LogP contribution in [0.25, 0.3) is 0 Å². The summed E-state index contributed by atoms with van der Waals surface area (Å²) in [5, 5.41) is 6.30. The maximum atomic E-state index is 5.10. The van der Waals surface area contributed by atoms with Gasteiger partial charge >= 0.3 is 0 Å². The number of nitrogens with zero attached hydrogens (tertiary/aromatic N) is 2. The Bertz CT molecular complexity index is 146. The third-order valence-corrected chi connectivity index (χ3v) is 0.691. The normalized spacial score (nSPS) is 8.12. The van der Waals surface area contributed by atoms with Gasteiger partial charge in [0, 0.05) is 0 Å². The average Bonchev–Trinajstić information content (AvgIpc) is 1.87. The van der Waals surface area contributed by atoms with E-state index in [1.54, 1.807) is 0 Å². The van der Waals surface area contributed by atoms with E-state index in [0.717, 1.165) is 0 Å². The third-order valence-electron chi connectivity index (χ3n) is 0.491. The number of aromatic nitrogens is 3. The van der Waals surface area contributed by atoms with Crippen LogP contribution in [-0.2, 0) is 0 Å². The number of nitrogen functional groups attached to an aromatic ring is 1. The Hall–Kier alpha value is -0.420. The Balaban J connectivity index is 0.000000490. The first kappa shape index (κ1) is 7.58. The molecule has 6 heteroatoms. The van der Waals surface area contributed by atoms with E-state index in [0.29, 0.717) is 11.1 Å². The molecule has 0 aliphatic rings. The summed E-state index contributed by atoms with van der Waals surface area (Å²) < 4.78 is 0. The smallest absolute Gasteiger partial charge is 0.216 e. The number of H-pyrrole nitrogens is 1. The van der Waals surface area contributed by atoms with Crippen molar-refractivity contribution < 1.29 is 0 Å². The Morgan fingerprint density at radius 3 is 2.38 bits per heavy atom. The highest BCUT2D eigenvalue weighted by Crippen LogP contribution is 1.94. The number of thiol groups is 1. The summed E-state index contributed by atoms with van der Waals surface area (Å²) in [6.45, 7) is 0. The van der Waals surface area contributed by atoms with Gasteiger partial charge in [-0.15, -0.1) is 30.1 Å². The van der Waals surface area contributed by atoms with E-state index in [2.05, 4.69) is 27.8 Å². The Morgan fingerprint density at radius 1 is 1.62 bits per heavy atom. The van der Waals surface area contributed by atoms with Gasteiger partial charge in [-0.2, -0.15) is 4.98 Å². The second-order valence-electron chi connectivity index (χ2n) is 1.02. The van der Waals surface area contributed by atoms with Crippen LogP contribution in [0.3, 0.4) is 0 Å². The SMILES string of the molecule is Cl.Nc1nc(S)n[nH]1. The second kappa shape index (κ2) is 2.78. The topological polar surface area (TPSA) is 67.6 Å². The maximum absolute atomic E-state index is 5.10. The number of rotatable bonds is 0. The van der Waals surface area contributed by atoms with Crippen LogP contribution >= 0.6 is 25.0 Å². The first-order valence-electron chi connectivity index (χ1n) is 1.66. The molecule has 0 aromatic carbocycles. The maximum Gasteiger partial charge on any atom is 0.216 e. The number of aromatic amines is 1. The quantitative estimate of drug-likeness (QED) is 0.462. The highest BCUT2D eigenvalue weighted by atomic mass is 35.5. The molecule has 0 saturated heterocycles. The summed E-state index contributed by atoms with van der Waals surface area (Å²) in [6, 6.07) is 0. The van der Waals surface area contributed by atoms with Crippen molar-refractivity contribution in [1.82, 2.24) is 15.2 Å². The molecule has 4 nitrogen and oxygen atoms in total. The summed E-state index contributed by atoms with van der Waals surface area (Å²) in [5.74, 6) is 0.296. The molecule has 0 unspecified atom stereocenters. The first-order valence-corrected chi connectivity index (χ1v) is 2.10. The average molecular weight is 153 g/mol. The molecule has 0 radical (unpaired) electrons. The van der Waals surface area contributed by atoms with Gasteiger partial charge in [-0.05, 0) is 0 Å². The molecule has 1 heterocycles. The van der Waals surface area contributed by atoms with Gasteiger partial charge in [-0.25, -0.2) is 5.10 Å². The lowest BCUT2D eigenvalue weighted by atomic mass is 11.1. The minimum absolute atomic E-state index is 0. The molecular weight excluding hydrogens is 148 g/mol.